The number of nitrogens with two attached hydrogens (primary N) is 1. The molecule has 12 heteroatoms. The molecule has 3 aromatic heterocycles. The predicted molar refractivity (Wildman–Crippen MR) is 136 cm³/mol. The largest absolute Gasteiger partial charge is 0.456 e. The number of aromatic nitrogens is 3. The number of ether oxygens (including phenoxy) is 3. The number of hydrogen-bond acceptors (Lipinski definition) is 9. The minimum atomic E-state index is -0.546. The van der Waals surface area contributed by atoms with Gasteiger partial charge in [-0.2, -0.15) is 0 Å². The fourth-order valence-corrected chi connectivity index (χ4v) is 4.61. The van der Waals surface area contributed by atoms with Crippen molar-refractivity contribution in [1.29, 1.82) is 0 Å². The van der Waals surface area contributed by atoms with Crippen LogP contribution < -0.4 is 10.5 Å². The third-order valence-electron chi connectivity index (χ3n) is 5.30. The Morgan fingerprint density at radius 3 is 2.78 bits per heavy atom. The third-order valence-corrected chi connectivity index (χ3v) is 6.44. The van der Waals surface area contributed by atoms with Crippen LogP contribution in [0.2, 0.25) is 0 Å². The first-order valence-corrected chi connectivity index (χ1v) is 12.2. The number of halogens is 1. The Hall–Kier alpha value is -4.03. The molecule has 1 aromatic carbocycles. The fourth-order valence-electron chi connectivity index (χ4n) is 3.54. The van der Waals surface area contributed by atoms with Gasteiger partial charge in [0.15, 0.2) is 18.2 Å². The zero-order chi connectivity index (χ0) is 26.4. The number of carbonyl (C=O) groups excluding carboxylic acids is 2. The molecule has 3 N–H and O–H groups in total. The van der Waals surface area contributed by atoms with Gasteiger partial charge in [-0.3, -0.25) is 14.6 Å². The van der Waals surface area contributed by atoms with Crippen LogP contribution in [0.4, 0.5) is 10.1 Å². The molecule has 4 rings (SSSR count). The maximum absolute atomic E-state index is 14.2. The van der Waals surface area contributed by atoms with E-state index in [1.165, 1.54) is 35.3 Å². The number of imidazole rings is 1. The number of methoxy groups -OCH3 is 1. The summed E-state index contributed by atoms with van der Waals surface area (Å²) in [4.78, 5) is 38.1. The number of carbonyl (C=O) groups is 2. The Labute approximate surface area is 216 Å². The molecule has 0 spiro atoms. The Balaban J connectivity index is 1.46. The number of benzene rings is 1. The van der Waals surface area contributed by atoms with E-state index in [9.17, 15) is 14.0 Å². The molecule has 0 aliphatic rings. The molecule has 3 heterocycles. The second-order valence-electron chi connectivity index (χ2n) is 8.15. The van der Waals surface area contributed by atoms with Gasteiger partial charge >= 0.3 is 5.97 Å². The first-order chi connectivity index (χ1) is 17.8. The summed E-state index contributed by atoms with van der Waals surface area (Å²) in [5.41, 5.74) is 7.39. The molecule has 0 saturated heterocycles. The predicted octanol–water partition coefficient (Wildman–Crippen LogP) is 3.66. The normalized spacial score (nSPS) is 11.0. The zero-order valence-electron chi connectivity index (χ0n) is 20.3. The molecule has 0 unspecified atom stereocenters. The average molecular weight is 528 g/mol. The van der Waals surface area contributed by atoms with E-state index >= 15 is 0 Å². The summed E-state index contributed by atoms with van der Waals surface area (Å²) in [6, 6.07) is 7.89. The highest BCUT2D eigenvalue weighted by Crippen LogP contribution is 2.36. The van der Waals surface area contributed by atoms with Gasteiger partial charge in [-0.1, -0.05) is 0 Å². The van der Waals surface area contributed by atoms with Crippen LogP contribution in [0.3, 0.4) is 0 Å². The van der Waals surface area contributed by atoms with Gasteiger partial charge in [0.1, 0.15) is 11.6 Å². The summed E-state index contributed by atoms with van der Waals surface area (Å²) in [7, 11) is 1.55. The van der Waals surface area contributed by atoms with Gasteiger partial charge in [-0.15, -0.1) is 11.3 Å². The molecule has 0 aliphatic carbocycles. The lowest BCUT2D eigenvalue weighted by Crippen LogP contribution is -2.36. The Kier molecular flexibility index (Phi) is 8.31. The van der Waals surface area contributed by atoms with Gasteiger partial charge in [-0.25, -0.2) is 9.37 Å². The van der Waals surface area contributed by atoms with Gasteiger partial charge < -0.3 is 29.8 Å². The van der Waals surface area contributed by atoms with E-state index in [1.54, 1.807) is 31.6 Å². The molecule has 37 heavy (non-hydrogen) atoms. The SMILES string of the molecule is COCCN(Cc1cnc(Cc2cc3nccc(Oc4ccc(N)cc4F)c3s2)[nH]1)C(=O)COC(C)=O. The molecule has 4 aromatic rings. The van der Waals surface area contributed by atoms with Crippen LogP contribution in [0.5, 0.6) is 11.5 Å². The molecule has 0 radical (unpaired) electrons. The van der Waals surface area contributed by atoms with E-state index in [2.05, 4.69) is 15.0 Å². The maximum Gasteiger partial charge on any atom is 0.303 e. The molecular weight excluding hydrogens is 501 g/mol. The van der Waals surface area contributed by atoms with Crippen LogP contribution in [0, 0.1) is 5.82 Å². The highest BCUT2D eigenvalue weighted by molar-refractivity contribution is 7.19. The van der Waals surface area contributed by atoms with Gasteiger partial charge in [0.05, 0.1) is 35.3 Å². The lowest BCUT2D eigenvalue weighted by Gasteiger charge is -2.21. The van der Waals surface area contributed by atoms with Crippen molar-refractivity contribution in [1.82, 2.24) is 19.9 Å². The van der Waals surface area contributed by atoms with Gasteiger partial charge in [0.2, 0.25) is 0 Å². The quantitative estimate of drug-likeness (QED) is 0.223. The summed E-state index contributed by atoms with van der Waals surface area (Å²) in [6.07, 6.45) is 3.77. The van der Waals surface area contributed by atoms with Crippen LogP contribution >= 0.6 is 11.3 Å². The van der Waals surface area contributed by atoms with Crippen LogP contribution in [-0.2, 0) is 32.0 Å². The van der Waals surface area contributed by atoms with Crippen molar-refractivity contribution in [2.45, 2.75) is 19.9 Å². The van der Waals surface area contributed by atoms with Crippen LogP contribution in [0.25, 0.3) is 10.2 Å². The van der Waals surface area contributed by atoms with E-state index in [-0.39, 0.29) is 24.8 Å². The summed E-state index contributed by atoms with van der Waals surface area (Å²) >= 11 is 1.47. The molecular formula is C25H26FN5O5S. The topological polar surface area (TPSA) is 133 Å². The minimum Gasteiger partial charge on any atom is -0.456 e. The molecule has 0 saturated carbocycles. The maximum atomic E-state index is 14.2. The van der Waals surface area contributed by atoms with Crippen molar-refractivity contribution in [2.75, 3.05) is 32.6 Å². The van der Waals surface area contributed by atoms with E-state index in [0.29, 0.717) is 36.8 Å². The van der Waals surface area contributed by atoms with E-state index in [4.69, 9.17) is 19.9 Å². The standard InChI is InChI=1S/C25H26FN5O5S/c1-15(32)35-14-24(33)31(7-8-34-2)13-17-12-29-23(30-17)11-18-10-20-25(37-18)22(5-6-28-20)36-21-4-3-16(27)9-19(21)26/h3-6,9-10,12H,7-8,11,13-14,27H2,1-2H3,(H,29,30). The van der Waals surface area contributed by atoms with E-state index in [1.807, 2.05) is 6.07 Å². The Morgan fingerprint density at radius 2 is 2.03 bits per heavy atom. The molecule has 194 valence electrons. The monoisotopic (exact) mass is 527 g/mol. The average Bonchev–Trinajstić information content (AvgIpc) is 3.48. The van der Waals surface area contributed by atoms with Crippen molar-refractivity contribution in [3.63, 3.8) is 0 Å². The molecule has 1 amide bonds. The number of H-pyrrole nitrogens is 1. The highest BCUT2D eigenvalue weighted by atomic mass is 32.1. The smallest absolute Gasteiger partial charge is 0.303 e. The van der Waals surface area contributed by atoms with Crippen molar-refractivity contribution in [3.05, 3.63) is 64.9 Å². The molecule has 0 aliphatic heterocycles. The number of rotatable bonds is 11. The van der Waals surface area contributed by atoms with Gasteiger partial charge in [0.25, 0.3) is 5.91 Å². The molecule has 10 nitrogen and oxygen atoms in total. The number of fused-ring (bicyclic) bond motifs is 1. The van der Waals surface area contributed by atoms with Crippen LogP contribution in [-0.4, -0.2) is 58.6 Å². The van der Waals surface area contributed by atoms with Gasteiger partial charge in [-0.05, 0) is 18.2 Å². The van der Waals surface area contributed by atoms with Gasteiger partial charge in [0, 0.05) is 55.9 Å². The lowest BCUT2D eigenvalue weighted by atomic mass is 10.3. The van der Waals surface area contributed by atoms with Crippen LogP contribution in [0.15, 0.2) is 42.7 Å². The lowest BCUT2D eigenvalue weighted by molar-refractivity contribution is -0.150. The number of amides is 1. The van der Waals surface area contributed by atoms with E-state index < -0.39 is 11.8 Å². The number of hydrogen-bond donors (Lipinski definition) is 2. The van der Waals surface area contributed by atoms with Crippen molar-refractivity contribution in [3.8, 4) is 11.5 Å². The summed E-state index contributed by atoms with van der Waals surface area (Å²) < 4.78 is 30.8. The molecule has 0 bridgehead atoms. The number of nitrogens with one attached hydrogen (secondary N) is 1. The number of anilines is 1. The summed E-state index contributed by atoms with van der Waals surface area (Å²) in [5, 5.41) is 0. The number of nitrogens with zero attached hydrogens (tertiary/aromatic N) is 3. The van der Waals surface area contributed by atoms with Crippen molar-refractivity contribution >= 4 is 39.1 Å². The summed E-state index contributed by atoms with van der Waals surface area (Å²) in [5.74, 6) is -0.125. The minimum absolute atomic E-state index is 0.0774. The molecule has 0 atom stereocenters. The number of nitrogen functional groups attached to an aromatic ring is 1. The number of thiophene rings is 1. The van der Waals surface area contributed by atoms with Crippen molar-refractivity contribution < 1.29 is 28.2 Å². The third kappa shape index (κ3) is 6.80. The van der Waals surface area contributed by atoms with Crippen LogP contribution in [0.1, 0.15) is 23.3 Å². The number of esters is 1. The second kappa shape index (κ2) is 11.8. The second-order valence-corrected chi connectivity index (χ2v) is 9.29. The number of pyridine rings is 1. The molecule has 0 fully saturated rings. The Bertz CT molecular complexity index is 1410. The first-order valence-electron chi connectivity index (χ1n) is 11.4. The summed E-state index contributed by atoms with van der Waals surface area (Å²) in [6.45, 7) is 1.86. The highest BCUT2D eigenvalue weighted by Gasteiger charge is 2.17. The van der Waals surface area contributed by atoms with Crippen molar-refractivity contribution in [2.24, 2.45) is 0 Å². The van der Waals surface area contributed by atoms with E-state index in [0.717, 1.165) is 20.8 Å². The fraction of sp³-hybridized carbons (Fsp3) is 0.280. The first kappa shape index (κ1) is 26.0. The Morgan fingerprint density at radius 1 is 1.19 bits per heavy atom. The zero-order valence-corrected chi connectivity index (χ0v) is 21.1. The number of aromatic amines is 1.